The van der Waals surface area contributed by atoms with Crippen molar-refractivity contribution in [3.05, 3.63) is 194 Å². The summed E-state index contributed by atoms with van der Waals surface area (Å²) in [6.45, 7) is 0. The molecule has 3 aromatic heterocycles. The molecule has 0 bridgehead atoms. The second-order valence-electron chi connectivity index (χ2n) is 14.4. The highest BCUT2D eigenvalue weighted by molar-refractivity contribution is 6.23. The SMILES string of the molecule is c1ccc(-n2c3ccccc3c3c(-c4cccc5c4c4ccccc4n5-c4cc(-c5cccc6ccccc56)cc5oc6ccccc6c45)cccc32)cc1. The third-order valence-electron chi connectivity index (χ3n) is 11.5. The predicted molar refractivity (Wildman–Crippen MR) is 231 cm³/mol. The van der Waals surface area contributed by atoms with Crippen molar-refractivity contribution in [1.82, 2.24) is 9.13 Å². The predicted octanol–water partition coefficient (Wildman–Crippen LogP) is 14.3. The van der Waals surface area contributed by atoms with Crippen LogP contribution in [0.25, 0.3) is 110 Å². The number of furan rings is 1. The Morgan fingerprint density at radius 2 is 0.855 bits per heavy atom. The van der Waals surface area contributed by atoms with Crippen molar-refractivity contribution in [3.8, 4) is 33.6 Å². The van der Waals surface area contributed by atoms with Crippen LogP contribution in [0.15, 0.2) is 199 Å². The minimum atomic E-state index is 0.877. The number of aromatic nitrogens is 2. The maximum absolute atomic E-state index is 6.69. The van der Waals surface area contributed by atoms with E-state index in [0.29, 0.717) is 0 Å². The second kappa shape index (κ2) is 11.6. The van der Waals surface area contributed by atoms with E-state index in [1.807, 2.05) is 0 Å². The van der Waals surface area contributed by atoms with Crippen molar-refractivity contribution < 1.29 is 4.42 Å². The summed E-state index contributed by atoms with van der Waals surface area (Å²) in [5.41, 5.74) is 13.5. The van der Waals surface area contributed by atoms with Gasteiger partial charge in [-0.3, -0.25) is 0 Å². The van der Waals surface area contributed by atoms with Crippen LogP contribution in [-0.2, 0) is 0 Å². The molecule has 0 fully saturated rings. The van der Waals surface area contributed by atoms with Gasteiger partial charge in [0.15, 0.2) is 0 Å². The Hall–Kier alpha value is -7.36. The molecule has 3 heterocycles. The van der Waals surface area contributed by atoms with Gasteiger partial charge in [0, 0.05) is 32.6 Å². The summed E-state index contributed by atoms with van der Waals surface area (Å²) < 4.78 is 11.6. The van der Waals surface area contributed by atoms with Crippen molar-refractivity contribution in [3.63, 3.8) is 0 Å². The standard InChI is InChI=1S/C52H32N2O/c1-2-17-35(18-3-1)53-43-26-9-6-20-40(43)50-38(24-13-28-45(50)53)39-25-14-29-46-51(39)41-21-7-10-27-44(41)54(46)47-31-34(37-23-12-16-33-15-4-5-19-36(33)37)32-49-52(47)42-22-8-11-30-48(42)55-49/h1-32H. The average Bonchev–Trinajstić information content (AvgIpc) is 3.91. The number of fused-ring (bicyclic) bond motifs is 10. The van der Waals surface area contributed by atoms with E-state index >= 15 is 0 Å². The van der Waals surface area contributed by atoms with E-state index in [4.69, 9.17) is 4.42 Å². The van der Waals surface area contributed by atoms with Crippen LogP contribution in [0.1, 0.15) is 0 Å². The van der Waals surface area contributed by atoms with Gasteiger partial charge in [0.25, 0.3) is 0 Å². The first-order valence-corrected chi connectivity index (χ1v) is 18.9. The van der Waals surface area contributed by atoms with E-state index in [2.05, 4.69) is 203 Å². The lowest BCUT2D eigenvalue weighted by molar-refractivity contribution is 0.669. The molecule has 0 unspecified atom stereocenters. The molecule has 9 aromatic carbocycles. The largest absolute Gasteiger partial charge is 0.456 e. The van der Waals surface area contributed by atoms with Gasteiger partial charge in [-0.2, -0.15) is 0 Å². The summed E-state index contributed by atoms with van der Waals surface area (Å²) in [5, 5.41) is 9.61. The van der Waals surface area contributed by atoms with Crippen LogP contribution >= 0.6 is 0 Å². The summed E-state index contributed by atoms with van der Waals surface area (Å²) in [4.78, 5) is 0. The van der Waals surface area contributed by atoms with Gasteiger partial charge in [0.05, 0.1) is 33.1 Å². The molecule has 0 spiro atoms. The van der Waals surface area contributed by atoms with Crippen LogP contribution in [0, 0.1) is 0 Å². The van der Waals surface area contributed by atoms with Crippen LogP contribution < -0.4 is 0 Å². The number of nitrogens with zero attached hydrogens (tertiary/aromatic N) is 2. The number of rotatable bonds is 4. The van der Waals surface area contributed by atoms with Gasteiger partial charge in [-0.1, -0.05) is 140 Å². The topological polar surface area (TPSA) is 23.0 Å². The molecular weight excluding hydrogens is 669 g/mol. The monoisotopic (exact) mass is 700 g/mol. The highest BCUT2D eigenvalue weighted by Crippen LogP contribution is 2.46. The molecule has 0 amide bonds. The molecule has 55 heavy (non-hydrogen) atoms. The fourth-order valence-electron chi connectivity index (χ4n) is 9.24. The van der Waals surface area contributed by atoms with E-state index in [1.54, 1.807) is 0 Å². The molecular formula is C52H32N2O. The molecule has 12 rings (SSSR count). The third kappa shape index (κ3) is 4.32. The van der Waals surface area contributed by atoms with Crippen LogP contribution in [-0.4, -0.2) is 9.13 Å². The first-order valence-electron chi connectivity index (χ1n) is 18.9. The minimum absolute atomic E-state index is 0.877. The maximum Gasteiger partial charge on any atom is 0.138 e. The summed E-state index contributed by atoms with van der Waals surface area (Å²) >= 11 is 0. The van der Waals surface area contributed by atoms with Gasteiger partial charge in [-0.05, 0) is 87.6 Å². The fraction of sp³-hybridized carbons (Fsp3) is 0. The van der Waals surface area contributed by atoms with Gasteiger partial charge >= 0.3 is 0 Å². The molecule has 0 saturated heterocycles. The Bertz CT molecular complexity index is 3480. The Morgan fingerprint density at radius 1 is 0.327 bits per heavy atom. The van der Waals surface area contributed by atoms with Crippen LogP contribution in [0.3, 0.4) is 0 Å². The number of hydrogen-bond acceptors (Lipinski definition) is 1. The quantitative estimate of drug-likeness (QED) is 0.179. The van der Waals surface area contributed by atoms with Crippen LogP contribution in [0.5, 0.6) is 0 Å². The molecule has 0 aliphatic rings. The zero-order valence-electron chi connectivity index (χ0n) is 29.8. The molecule has 0 aliphatic carbocycles. The molecule has 0 aliphatic heterocycles. The van der Waals surface area contributed by atoms with Crippen molar-refractivity contribution in [1.29, 1.82) is 0 Å². The summed E-state index contributed by atoms with van der Waals surface area (Å²) in [7, 11) is 0. The van der Waals surface area contributed by atoms with Crippen molar-refractivity contribution >= 4 is 76.3 Å². The normalized spacial score (nSPS) is 12.0. The minimum Gasteiger partial charge on any atom is -0.456 e. The summed E-state index contributed by atoms with van der Waals surface area (Å²) in [5.74, 6) is 0. The smallest absolute Gasteiger partial charge is 0.138 e. The zero-order valence-corrected chi connectivity index (χ0v) is 29.8. The Kier molecular flexibility index (Phi) is 6.34. The zero-order chi connectivity index (χ0) is 36.0. The Balaban J connectivity index is 1.20. The third-order valence-corrected chi connectivity index (χ3v) is 11.5. The fourth-order valence-corrected chi connectivity index (χ4v) is 9.24. The van der Waals surface area contributed by atoms with Gasteiger partial charge in [0.2, 0.25) is 0 Å². The first kappa shape index (κ1) is 30.1. The molecule has 0 atom stereocenters. The van der Waals surface area contributed by atoms with Crippen molar-refractivity contribution in [2.75, 3.05) is 0 Å². The molecule has 0 radical (unpaired) electrons. The van der Waals surface area contributed by atoms with E-state index in [-0.39, 0.29) is 0 Å². The molecule has 3 nitrogen and oxygen atoms in total. The number of benzene rings is 9. The lowest BCUT2D eigenvalue weighted by atomic mass is 9.95. The molecule has 256 valence electrons. The summed E-state index contributed by atoms with van der Waals surface area (Å²) in [6.07, 6.45) is 0. The lowest BCUT2D eigenvalue weighted by Crippen LogP contribution is -1.96. The number of hydrogen-bond donors (Lipinski definition) is 0. The van der Waals surface area contributed by atoms with E-state index in [0.717, 1.165) is 49.9 Å². The summed E-state index contributed by atoms with van der Waals surface area (Å²) in [6, 6.07) is 70.2. The van der Waals surface area contributed by atoms with Crippen molar-refractivity contribution in [2.45, 2.75) is 0 Å². The lowest BCUT2D eigenvalue weighted by Gasteiger charge is -2.14. The highest BCUT2D eigenvalue weighted by atomic mass is 16.3. The van der Waals surface area contributed by atoms with E-state index in [1.165, 1.54) is 60.0 Å². The maximum atomic E-state index is 6.69. The van der Waals surface area contributed by atoms with E-state index < -0.39 is 0 Å². The van der Waals surface area contributed by atoms with Gasteiger partial charge in [0.1, 0.15) is 11.2 Å². The Morgan fingerprint density at radius 3 is 1.60 bits per heavy atom. The average molecular weight is 701 g/mol. The van der Waals surface area contributed by atoms with Gasteiger partial charge in [-0.15, -0.1) is 0 Å². The molecule has 0 N–H and O–H groups in total. The van der Waals surface area contributed by atoms with Gasteiger partial charge < -0.3 is 13.6 Å². The molecule has 0 saturated carbocycles. The van der Waals surface area contributed by atoms with Crippen LogP contribution in [0.2, 0.25) is 0 Å². The first-order chi connectivity index (χ1) is 27.3. The van der Waals surface area contributed by atoms with Crippen LogP contribution in [0.4, 0.5) is 0 Å². The second-order valence-corrected chi connectivity index (χ2v) is 14.4. The Labute approximate surface area is 316 Å². The molecule has 3 heteroatoms. The van der Waals surface area contributed by atoms with Gasteiger partial charge in [-0.25, -0.2) is 0 Å². The highest BCUT2D eigenvalue weighted by Gasteiger charge is 2.23. The molecule has 12 aromatic rings. The number of para-hydroxylation sites is 4. The van der Waals surface area contributed by atoms with Crippen molar-refractivity contribution in [2.24, 2.45) is 0 Å². The van der Waals surface area contributed by atoms with E-state index in [9.17, 15) is 0 Å².